The van der Waals surface area contributed by atoms with Gasteiger partial charge in [0.25, 0.3) is 0 Å². The van der Waals surface area contributed by atoms with Crippen molar-refractivity contribution in [1.29, 1.82) is 0 Å². The number of hydrogen-bond donors (Lipinski definition) is 2. The topological polar surface area (TPSA) is 66.4 Å². The molecule has 0 unspecified atom stereocenters. The molecule has 0 fully saturated rings. The fourth-order valence-electron chi connectivity index (χ4n) is 1.78. The standard InChI is InChI=1S/C13H15NO3S2/c1-10-11(9-15)4-2-6-13(10)19(16,17)14-8-12-5-3-7-18-12/h2-7,14-15H,8-9H2,1H3. The molecule has 0 saturated heterocycles. The third kappa shape index (κ3) is 3.22. The second-order valence-electron chi connectivity index (χ2n) is 4.10. The van der Waals surface area contributed by atoms with E-state index < -0.39 is 10.0 Å². The highest BCUT2D eigenvalue weighted by Crippen LogP contribution is 2.19. The van der Waals surface area contributed by atoms with Crippen molar-refractivity contribution in [3.63, 3.8) is 0 Å². The van der Waals surface area contributed by atoms with Gasteiger partial charge < -0.3 is 5.11 Å². The maximum Gasteiger partial charge on any atom is 0.241 e. The summed E-state index contributed by atoms with van der Waals surface area (Å²) in [6.07, 6.45) is 0. The van der Waals surface area contributed by atoms with Gasteiger partial charge in [-0.05, 0) is 35.6 Å². The van der Waals surface area contributed by atoms with Gasteiger partial charge >= 0.3 is 0 Å². The number of thiophene rings is 1. The molecule has 0 amide bonds. The number of aliphatic hydroxyl groups excluding tert-OH is 1. The molecule has 0 atom stereocenters. The molecule has 0 aliphatic rings. The molecule has 102 valence electrons. The minimum absolute atomic E-state index is 0.167. The van der Waals surface area contributed by atoms with E-state index in [0.717, 1.165) is 4.88 Å². The lowest BCUT2D eigenvalue weighted by Gasteiger charge is -2.11. The number of aliphatic hydroxyl groups is 1. The van der Waals surface area contributed by atoms with Crippen molar-refractivity contribution in [1.82, 2.24) is 4.72 Å². The van der Waals surface area contributed by atoms with Crippen molar-refractivity contribution in [3.8, 4) is 0 Å². The Balaban J connectivity index is 2.24. The van der Waals surface area contributed by atoms with Crippen LogP contribution in [0, 0.1) is 6.92 Å². The predicted molar refractivity (Wildman–Crippen MR) is 75.4 cm³/mol. The molecule has 0 bridgehead atoms. The number of rotatable bonds is 5. The van der Waals surface area contributed by atoms with Crippen molar-refractivity contribution in [2.45, 2.75) is 25.0 Å². The quantitative estimate of drug-likeness (QED) is 0.887. The summed E-state index contributed by atoms with van der Waals surface area (Å²) >= 11 is 1.50. The zero-order valence-corrected chi connectivity index (χ0v) is 12.1. The molecule has 6 heteroatoms. The lowest BCUT2D eigenvalue weighted by atomic mass is 10.1. The fraction of sp³-hybridized carbons (Fsp3) is 0.231. The van der Waals surface area contributed by atoms with Crippen LogP contribution in [0.15, 0.2) is 40.6 Å². The molecule has 4 nitrogen and oxygen atoms in total. The van der Waals surface area contributed by atoms with Crippen molar-refractivity contribution in [3.05, 3.63) is 51.7 Å². The lowest BCUT2D eigenvalue weighted by Crippen LogP contribution is -2.23. The van der Waals surface area contributed by atoms with E-state index in [4.69, 9.17) is 0 Å². The summed E-state index contributed by atoms with van der Waals surface area (Å²) in [5.74, 6) is 0. The Morgan fingerprint density at radius 2 is 2.05 bits per heavy atom. The molecular formula is C13H15NO3S2. The fourth-order valence-corrected chi connectivity index (χ4v) is 3.81. The molecule has 1 heterocycles. The van der Waals surface area contributed by atoms with E-state index in [1.54, 1.807) is 25.1 Å². The number of sulfonamides is 1. The molecule has 2 rings (SSSR count). The normalized spacial score (nSPS) is 11.7. The Labute approximate surface area is 116 Å². The van der Waals surface area contributed by atoms with Gasteiger partial charge in [0, 0.05) is 11.4 Å². The number of nitrogens with one attached hydrogen (secondary N) is 1. The second kappa shape index (κ2) is 5.83. The van der Waals surface area contributed by atoms with Gasteiger partial charge in [-0.15, -0.1) is 11.3 Å². The van der Waals surface area contributed by atoms with E-state index in [-0.39, 0.29) is 18.0 Å². The summed E-state index contributed by atoms with van der Waals surface area (Å²) in [5.41, 5.74) is 1.21. The van der Waals surface area contributed by atoms with Crippen LogP contribution in [0.4, 0.5) is 0 Å². The highest BCUT2D eigenvalue weighted by molar-refractivity contribution is 7.89. The first-order chi connectivity index (χ1) is 9.04. The monoisotopic (exact) mass is 297 g/mol. The van der Waals surface area contributed by atoms with E-state index in [9.17, 15) is 13.5 Å². The van der Waals surface area contributed by atoms with Gasteiger partial charge in [0.05, 0.1) is 11.5 Å². The first kappa shape index (κ1) is 14.2. The molecular weight excluding hydrogens is 282 g/mol. The third-order valence-electron chi connectivity index (χ3n) is 2.87. The van der Waals surface area contributed by atoms with Crippen LogP contribution in [0.25, 0.3) is 0 Å². The minimum atomic E-state index is -3.55. The van der Waals surface area contributed by atoms with E-state index in [2.05, 4.69) is 4.72 Å². The highest BCUT2D eigenvalue weighted by atomic mass is 32.2. The van der Waals surface area contributed by atoms with E-state index in [1.165, 1.54) is 11.3 Å². The Kier molecular flexibility index (Phi) is 4.36. The Hall–Kier alpha value is -1.21. The molecule has 0 aliphatic carbocycles. The van der Waals surface area contributed by atoms with Crippen LogP contribution in [-0.4, -0.2) is 13.5 Å². The van der Waals surface area contributed by atoms with E-state index >= 15 is 0 Å². The van der Waals surface area contributed by atoms with Crippen LogP contribution in [-0.2, 0) is 23.2 Å². The highest BCUT2D eigenvalue weighted by Gasteiger charge is 2.17. The largest absolute Gasteiger partial charge is 0.392 e. The van der Waals surface area contributed by atoms with Crippen LogP contribution in [0.1, 0.15) is 16.0 Å². The summed E-state index contributed by atoms with van der Waals surface area (Å²) < 4.78 is 27.0. The van der Waals surface area contributed by atoms with Gasteiger partial charge in [-0.1, -0.05) is 18.2 Å². The maximum absolute atomic E-state index is 12.2. The van der Waals surface area contributed by atoms with Gasteiger partial charge in [-0.25, -0.2) is 13.1 Å². The Morgan fingerprint density at radius 3 is 2.68 bits per heavy atom. The lowest BCUT2D eigenvalue weighted by molar-refractivity contribution is 0.280. The van der Waals surface area contributed by atoms with Crippen LogP contribution in [0.5, 0.6) is 0 Å². The van der Waals surface area contributed by atoms with Gasteiger partial charge in [0.1, 0.15) is 0 Å². The van der Waals surface area contributed by atoms with Crippen molar-refractivity contribution >= 4 is 21.4 Å². The molecule has 0 radical (unpaired) electrons. The summed E-state index contributed by atoms with van der Waals surface area (Å²) in [6.45, 7) is 1.81. The van der Waals surface area contributed by atoms with Gasteiger partial charge in [-0.2, -0.15) is 0 Å². The van der Waals surface area contributed by atoms with Crippen LogP contribution < -0.4 is 4.72 Å². The zero-order valence-electron chi connectivity index (χ0n) is 10.5. The number of hydrogen-bond acceptors (Lipinski definition) is 4. The molecule has 0 aliphatic heterocycles. The predicted octanol–water partition coefficient (Wildman–Crippen LogP) is 2.03. The molecule has 1 aromatic carbocycles. The average molecular weight is 297 g/mol. The van der Waals surface area contributed by atoms with E-state index in [1.807, 2.05) is 17.5 Å². The Morgan fingerprint density at radius 1 is 1.26 bits per heavy atom. The molecule has 0 spiro atoms. The van der Waals surface area contributed by atoms with Crippen LogP contribution >= 0.6 is 11.3 Å². The molecule has 2 aromatic rings. The third-order valence-corrected chi connectivity index (χ3v) is 5.29. The van der Waals surface area contributed by atoms with E-state index in [0.29, 0.717) is 11.1 Å². The van der Waals surface area contributed by atoms with Gasteiger partial charge in [-0.3, -0.25) is 0 Å². The molecule has 2 N–H and O–H groups in total. The molecule has 1 aromatic heterocycles. The smallest absolute Gasteiger partial charge is 0.241 e. The Bertz CT molecular complexity index is 649. The number of benzene rings is 1. The van der Waals surface area contributed by atoms with Gasteiger partial charge in [0.15, 0.2) is 0 Å². The minimum Gasteiger partial charge on any atom is -0.392 e. The summed E-state index contributed by atoms with van der Waals surface area (Å²) in [7, 11) is -3.55. The van der Waals surface area contributed by atoms with Crippen LogP contribution in [0.3, 0.4) is 0 Å². The second-order valence-corrected chi connectivity index (χ2v) is 6.87. The summed E-state index contributed by atoms with van der Waals surface area (Å²) in [5, 5.41) is 11.1. The molecule has 0 saturated carbocycles. The zero-order chi connectivity index (χ0) is 13.9. The van der Waals surface area contributed by atoms with Crippen LogP contribution in [0.2, 0.25) is 0 Å². The summed E-state index contributed by atoms with van der Waals surface area (Å²) in [6, 6.07) is 8.66. The first-order valence-corrected chi connectivity index (χ1v) is 8.12. The van der Waals surface area contributed by atoms with Crippen molar-refractivity contribution < 1.29 is 13.5 Å². The molecule has 19 heavy (non-hydrogen) atoms. The summed E-state index contributed by atoms with van der Waals surface area (Å²) in [4.78, 5) is 1.18. The SMILES string of the molecule is Cc1c(CO)cccc1S(=O)(=O)NCc1cccs1. The van der Waals surface area contributed by atoms with Gasteiger partial charge in [0.2, 0.25) is 10.0 Å². The average Bonchev–Trinajstić information content (AvgIpc) is 2.90. The van der Waals surface area contributed by atoms with Crippen molar-refractivity contribution in [2.24, 2.45) is 0 Å². The maximum atomic E-state index is 12.2. The van der Waals surface area contributed by atoms with Crippen molar-refractivity contribution in [2.75, 3.05) is 0 Å². The first-order valence-electron chi connectivity index (χ1n) is 5.76.